The van der Waals surface area contributed by atoms with E-state index in [-0.39, 0.29) is 42.8 Å². The molecule has 15 nitrogen and oxygen atoms in total. The van der Waals surface area contributed by atoms with Gasteiger partial charge >= 0.3 is 0 Å². The highest BCUT2D eigenvalue weighted by Gasteiger charge is 2.33. The number of carbonyl (C=O) groups is 5. The number of hydrazine groups is 1. The number of ether oxygens (including phenoxy) is 2. The van der Waals surface area contributed by atoms with Crippen LogP contribution in [0.4, 0.5) is 0 Å². The van der Waals surface area contributed by atoms with Gasteiger partial charge in [-0.05, 0) is 92.8 Å². The van der Waals surface area contributed by atoms with E-state index < -0.39 is 17.5 Å². The first-order chi connectivity index (χ1) is 31.2. The maximum atomic E-state index is 14.0. The molecule has 0 aliphatic carbocycles. The third-order valence-corrected chi connectivity index (χ3v) is 12.1. The van der Waals surface area contributed by atoms with Gasteiger partial charge in [-0.3, -0.25) is 34.0 Å². The maximum absolute atomic E-state index is 14.0. The van der Waals surface area contributed by atoms with Gasteiger partial charge in [-0.2, -0.15) is 0 Å². The monoisotopic (exact) mass is 893 g/mol. The van der Waals surface area contributed by atoms with E-state index in [2.05, 4.69) is 54.8 Å². The molecule has 350 valence electrons. The van der Waals surface area contributed by atoms with Crippen LogP contribution < -0.4 is 10.7 Å². The van der Waals surface area contributed by atoms with Crippen molar-refractivity contribution in [1.82, 2.24) is 40.1 Å². The summed E-state index contributed by atoms with van der Waals surface area (Å²) in [6.45, 7) is 19.8. The number of likely N-dealkylation sites (N-methyl/N-ethyl adjacent to an activating group) is 1. The van der Waals surface area contributed by atoms with Crippen LogP contribution in [-0.4, -0.2) is 119 Å². The van der Waals surface area contributed by atoms with Gasteiger partial charge < -0.3 is 29.2 Å². The van der Waals surface area contributed by atoms with Crippen molar-refractivity contribution >= 4 is 41.6 Å². The van der Waals surface area contributed by atoms with Gasteiger partial charge in [0, 0.05) is 87.6 Å². The summed E-state index contributed by atoms with van der Waals surface area (Å²) in [4.78, 5) is 74.4. The maximum Gasteiger partial charge on any atom is 0.293 e. The Bertz CT molecular complexity index is 2280. The van der Waals surface area contributed by atoms with E-state index in [0.717, 1.165) is 89.0 Å². The molecule has 1 aromatic carbocycles. The number of likely N-dealkylation sites (tertiary alicyclic amines) is 1. The molecule has 6 rings (SSSR count). The number of rotatable bonds is 19. The summed E-state index contributed by atoms with van der Waals surface area (Å²) in [7, 11) is 3.25. The van der Waals surface area contributed by atoms with Gasteiger partial charge in [-0.15, -0.1) is 0 Å². The lowest BCUT2D eigenvalue weighted by atomic mass is 9.84. The first-order valence-corrected chi connectivity index (χ1v) is 22.8. The number of amides is 4. The summed E-state index contributed by atoms with van der Waals surface area (Å²) >= 11 is 0. The fourth-order valence-electron chi connectivity index (χ4n) is 8.81. The van der Waals surface area contributed by atoms with Crippen LogP contribution in [0.3, 0.4) is 0 Å². The number of aryl methyl sites for hydroxylation is 1. The van der Waals surface area contributed by atoms with Gasteiger partial charge in [0.25, 0.3) is 12.4 Å². The van der Waals surface area contributed by atoms with E-state index in [1.54, 1.807) is 25.4 Å². The van der Waals surface area contributed by atoms with E-state index >= 15 is 0 Å². The Kier molecular flexibility index (Phi) is 18.0. The average Bonchev–Trinajstić information content (AvgIpc) is 3.97. The predicted octanol–water partition coefficient (Wildman–Crippen LogP) is 6.30. The van der Waals surface area contributed by atoms with Gasteiger partial charge in [-0.25, -0.2) is 10.4 Å². The zero-order valence-corrected chi connectivity index (χ0v) is 39.5. The molecule has 2 N–H and O–H groups in total. The number of nitrogens with zero attached hydrogens (tertiary/aromatic N) is 6. The number of aromatic nitrogens is 3. The molecular weight excluding hydrogens is 825 g/mol. The van der Waals surface area contributed by atoms with Crippen LogP contribution in [0.1, 0.15) is 90.2 Å². The molecule has 3 aromatic heterocycles. The molecule has 4 aromatic rings. The molecule has 0 saturated carbocycles. The van der Waals surface area contributed by atoms with Gasteiger partial charge in [0.2, 0.25) is 18.2 Å². The molecule has 2 fully saturated rings. The molecule has 0 spiro atoms. The molecule has 65 heavy (non-hydrogen) atoms. The van der Waals surface area contributed by atoms with Crippen molar-refractivity contribution in [2.24, 2.45) is 11.3 Å². The summed E-state index contributed by atoms with van der Waals surface area (Å²) in [6, 6.07) is 12.5. The Balaban J connectivity index is 0.000000785. The normalized spacial score (nSPS) is 15.4. The van der Waals surface area contributed by atoms with Crippen LogP contribution >= 0.6 is 0 Å². The molecule has 3 unspecified atom stereocenters. The van der Waals surface area contributed by atoms with Crippen molar-refractivity contribution in [2.45, 2.75) is 105 Å². The van der Waals surface area contributed by atoms with Crippen LogP contribution in [0.2, 0.25) is 0 Å². The number of benzene rings is 1. The Morgan fingerprint density at radius 3 is 2.37 bits per heavy atom. The molecule has 5 heterocycles. The van der Waals surface area contributed by atoms with E-state index in [4.69, 9.17) is 19.4 Å². The Morgan fingerprint density at radius 2 is 1.74 bits per heavy atom. The van der Waals surface area contributed by atoms with Crippen molar-refractivity contribution < 1.29 is 33.4 Å². The molecule has 3 atom stereocenters. The second-order valence-corrected chi connectivity index (χ2v) is 18.0. The third-order valence-electron chi connectivity index (χ3n) is 12.1. The van der Waals surface area contributed by atoms with E-state index in [9.17, 15) is 24.0 Å². The van der Waals surface area contributed by atoms with Gasteiger partial charge in [0.15, 0.2) is 0 Å². The van der Waals surface area contributed by atoms with E-state index in [1.807, 2.05) is 62.2 Å². The quantitative estimate of drug-likeness (QED) is 0.0806. The van der Waals surface area contributed by atoms with Crippen molar-refractivity contribution in [2.75, 3.05) is 46.9 Å². The smallest absolute Gasteiger partial charge is 0.293 e. The molecule has 0 radical (unpaired) electrons. The fraction of sp³-hybridized carbons (Fsp3) is 0.500. The summed E-state index contributed by atoms with van der Waals surface area (Å²) in [6.07, 6.45) is 10.4. The molecule has 4 amide bonds. The second kappa shape index (κ2) is 23.3. The molecule has 2 aliphatic rings. The standard InChI is InChI=1S/C43H57N7O6.C7H11NO/c1-9-49-39(33-16-13-17-44-37(33)29(4)55-8)35(23-43(5,6)25-56-27-52)34-22-32(24-45-40(34)49)31-15-12-14-30(20-31)21-36(42(54)50-19-11-10-18-46-50)47-41(53)38(28(2)3)48(7)26-51;1-2-7(9)8-5-3-4-6-8/h12-17,20,22,24,26-29,36,38,46H,9-11,18-19,21,23,25H2,1-8H3,(H,47,53);2H,1,3-6H2. The van der Waals surface area contributed by atoms with Crippen LogP contribution in [0.15, 0.2) is 67.5 Å². The number of fused-ring (bicyclic) bond motifs is 1. The zero-order valence-electron chi connectivity index (χ0n) is 39.5. The third kappa shape index (κ3) is 12.5. The highest BCUT2D eigenvalue weighted by Crippen LogP contribution is 2.41. The number of carbonyl (C=O) groups excluding carboxylic acids is 5. The van der Waals surface area contributed by atoms with Crippen molar-refractivity contribution in [3.63, 3.8) is 0 Å². The minimum Gasteiger partial charge on any atom is -0.467 e. The number of hydrogen-bond acceptors (Lipinski definition) is 10. The minimum absolute atomic E-state index is 0.0764. The zero-order chi connectivity index (χ0) is 47.3. The van der Waals surface area contributed by atoms with E-state index in [1.165, 1.54) is 11.0 Å². The van der Waals surface area contributed by atoms with Gasteiger partial charge in [-0.1, -0.05) is 58.5 Å². The van der Waals surface area contributed by atoms with Crippen LogP contribution in [0.5, 0.6) is 0 Å². The van der Waals surface area contributed by atoms with E-state index in [0.29, 0.717) is 38.9 Å². The highest BCUT2D eigenvalue weighted by atomic mass is 16.5. The van der Waals surface area contributed by atoms with Crippen molar-refractivity contribution in [3.05, 3.63) is 84.3 Å². The molecule has 2 aliphatic heterocycles. The lowest BCUT2D eigenvalue weighted by molar-refractivity contribution is -0.142. The van der Waals surface area contributed by atoms with Crippen molar-refractivity contribution in [1.29, 1.82) is 0 Å². The summed E-state index contributed by atoms with van der Waals surface area (Å²) in [5.41, 5.74) is 10.1. The second-order valence-electron chi connectivity index (χ2n) is 18.0. The summed E-state index contributed by atoms with van der Waals surface area (Å²) in [5.74, 6) is -0.686. The Morgan fingerprint density at radius 1 is 1.00 bits per heavy atom. The SMILES string of the molecule is C=CC(=O)N1CCCC1.CCn1c(-c2cccnc2C(C)OC)c(CC(C)(C)COC=O)c2cc(-c3cccc(CC(NC(=O)C(C(C)C)N(C)C=O)C(=O)N4CCCCN4)c3)cnc21. The Hall–Kier alpha value is -5.93. The van der Waals surface area contributed by atoms with Crippen molar-refractivity contribution in [3.8, 4) is 22.4 Å². The first-order valence-electron chi connectivity index (χ1n) is 22.8. The summed E-state index contributed by atoms with van der Waals surface area (Å²) in [5, 5.41) is 5.57. The topological polar surface area (TPSA) is 168 Å². The minimum atomic E-state index is -0.864. The lowest BCUT2D eigenvalue weighted by Crippen LogP contribution is -2.58. The van der Waals surface area contributed by atoms with Crippen LogP contribution in [0, 0.1) is 11.3 Å². The molecular formula is C50H68N8O7. The first kappa shape index (κ1) is 50.1. The lowest BCUT2D eigenvalue weighted by Gasteiger charge is -2.33. The van der Waals surface area contributed by atoms with Crippen LogP contribution in [-0.2, 0) is 52.8 Å². The predicted molar refractivity (Wildman–Crippen MR) is 252 cm³/mol. The molecule has 15 heteroatoms. The largest absolute Gasteiger partial charge is 0.467 e. The summed E-state index contributed by atoms with van der Waals surface area (Å²) < 4.78 is 13.3. The number of hydrogen-bond donors (Lipinski definition) is 2. The number of methoxy groups -OCH3 is 1. The Labute approximate surface area is 383 Å². The molecule has 0 bridgehead atoms. The van der Waals surface area contributed by atoms with Gasteiger partial charge in [0.1, 0.15) is 17.7 Å². The van der Waals surface area contributed by atoms with Gasteiger partial charge in [0.05, 0.1) is 24.1 Å². The van der Waals surface area contributed by atoms with Crippen LogP contribution in [0.25, 0.3) is 33.4 Å². The fourth-order valence-corrected chi connectivity index (χ4v) is 8.81. The number of pyridine rings is 2. The highest BCUT2D eigenvalue weighted by molar-refractivity contribution is 5.93. The average molecular weight is 893 g/mol. The molecule has 2 saturated heterocycles. The number of nitrogens with one attached hydrogen (secondary N) is 2.